The second-order valence-corrected chi connectivity index (χ2v) is 4.29. The van der Waals surface area contributed by atoms with Crippen LogP contribution in [0.25, 0.3) is 0 Å². The van der Waals surface area contributed by atoms with Gasteiger partial charge >= 0.3 is 0 Å². The largest absolute Gasteiger partial charge is 0.385 e. The number of carbonyl (C=O) groups excluding carboxylic acids is 2. The summed E-state index contributed by atoms with van der Waals surface area (Å²) < 4.78 is 0.194. The molecule has 0 fully saturated rings. The SMILES string of the molecule is CC(=O)C(C)=O.CCN(CC)CC.NC(=S)S. The first-order valence-electron chi connectivity index (χ1n) is 5.44. The zero-order valence-corrected chi connectivity index (χ0v) is 13.0. The third-order valence-electron chi connectivity index (χ3n) is 1.84. The Hall–Kier alpha value is -0.460. The fourth-order valence-corrected chi connectivity index (χ4v) is 0.671. The molecule has 102 valence electrons. The molecule has 0 aliphatic heterocycles. The summed E-state index contributed by atoms with van der Waals surface area (Å²) in [4.78, 5) is 22.0. The van der Waals surface area contributed by atoms with Gasteiger partial charge in [-0.2, -0.15) is 0 Å². The first-order valence-corrected chi connectivity index (χ1v) is 6.30. The molecule has 0 saturated heterocycles. The summed E-state index contributed by atoms with van der Waals surface area (Å²) in [5, 5.41) is 0. The lowest BCUT2D eigenvalue weighted by Gasteiger charge is -2.13. The van der Waals surface area contributed by atoms with Crippen molar-refractivity contribution >= 4 is 40.7 Å². The molecular weight excluding hydrogens is 256 g/mol. The third kappa shape index (κ3) is 31.3. The summed E-state index contributed by atoms with van der Waals surface area (Å²) in [5.74, 6) is -0.759. The minimum absolute atomic E-state index is 0.194. The predicted molar refractivity (Wildman–Crippen MR) is 80.6 cm³/mol. The van der Waals surface area contributed by atoms with Crippen molar-refractivity contribution in [1.29, 1.82) is 0 Å². The van der Waals surface area contributed by atoms with Crippen molar-refractivity contribution in [3.05, 3.63) is 0 Å². The molecule has 4 nitrogen and oxygen atoms in total. The third-order valence-corrected chi connectivity index (χ3v) is 1.84. The predicted octanol–water partition coefficient (Wildman–Crippen LogP) is 1.67. The van der Waals surface area contributed by atoms with Gasteiger partial charge in [0.2, 0.25) is 0 Å². The van der Waals surface area contributed by atoms with Crippen molar-refractivity contribution in [2.45, 2.75) is 34.6 Å². The van der Waals surface area contributed by atoms with E-state index in [0.29, 0.717) is 0 Å². The van der Waals surface area contributed by atoms with Crippen LogP contribution >= 0.6 is 24.8 Å². The fraction of sp³-hybridized carbons (Fsp3) is 0.727. The van der Waals surface area contributed by atoms with Crippen LogP contribution in [-0.4, -0.2) is 40.4 Å². The van der Waals surface area contributed by atoms with E-state index in [9.17, 15) is 9.59 Å². The van der Waals surface area contributed by atoms with Gasteiger partial charge in [-0.3, -0.25) is 9.59 Å². The first kappa shape index (κ1) is 21.8. The Bertz CT molecular complexity index is 208. The van der Waals surface area contributed by atoms with E-state index in [1.807, 2.05) is 0 Å². The molecule has 0 unspecified atom stereocenters. The maximum Gasteiger partial charge on any atom is 0.195 e. The molecule has 0 heterocycles. The van der Waals surface area contributed by atoms with Gasteiger partial charge < -0.3 is 10.6 Å². The molecule has 0 aromatic carbocycles. The number of Topliss-reactive ketones (excluding diaryl/α,β-unsaturated/α-hetero) is 2. The summed E-state index contributed by atoms with van der Waals surface area (Å²) in [6.07, 6.45) is 0. The molecule has 0 amide bonds. The molecule has 0 radical (unpaired) electrons. The van der Waals surface area contributed by atoms with Crippen molar-refractivity contribution in [2.75, 3.05) is 19.6 Å². The number of thiocarbonyl (C=S) groups is 1. The Morgan fingerprint density at radius 1 is 1.06 bits per heavy atom. The Balaban J connectivity index is -0.000000180. The lowest BCUT2D eigenvalue weighted by Crippen LogP contribution is -2.21. The van der Waals surface area contributed by atoms with Gasteiger partial charge in [-0.15, -0.1) is 12.6 Å². The van der Waals surface area contributed by atoms with Crippen LogP contribution in [0.2, 0.25) is 0 Å². The van der Waals surface area contributed by atoms with E-state index in [0.717, 1.165) is 0 Å². The number of hydrogen-bond acceptors (Lipinski definition) is 4. The van der Waals surface area contributed by atoms with Crippen LogP contribution in [0.1, 0.15) is 34.6 Å². The highest BCUT2D eigenvalue weighted by molar-refractivity contribution is 8.10. The van der Waals surface area contributed by atoms with E-state index in [-0.39, 0.29) is 15.9 Å². The molecule has 0 spiro atoms. The van der Waals surface area contributed by atoms with Crippen molar-refractivity contribution in [2.24, 2.45) is 5.73 Å². The molecule has 0 aliphatic rings. The lowest BCUT2D eigenvalue weighted by molar-refractivity contribution is -0.134. The normalized spacial score (nSPS) is 8.41. The number of nitrogens with two attached hydrogens (primary N) is 1. The van der Waals surface area contributed by atoms with Crippen molar-refractivity contribution in [3.8, 4) is 0 Å². The van der Waals surface area contributed by atoms with Gasteiger partial charge in [-0.05, 0) is 19.6 Å². The number of ketones is 2. The van der Waals surface area contributed by atoms with Gasteiger partial charge in [0.15, 0.2) is 11.6 Å². The highest BCUT2D eigenvalue weighted by atomic mass is 32.1. The Labute approximate surface area is 115 Å². The molecular formula is C11H24N2O2S2. The van der Waals surface area contributed by atoms with Crippen molar-refractivity contribution < 1.29 is 9.59 Å². The van der Waals surface area contributed by atoms with E-state index in [1.165, 1.54) is 33.5 Å². The fourth-order valence-electron chi connectivity index (χ4n) is 0.671. The highest BCUT2D eigenvalue weighted by Gasteiger charge is 1.94. The zero-order valence-electron chi connectivity index (χ0n) is 11.3. The monoisotopic (exact) mass is 280 g/mol. The van der Waals surface area contributed by atoms with Gasteiger partial charge in [0.1, 0.15) is 4.32 Å². The molecule has 0 aromatic rings. The minimum atomic E-state index is -0.380. The molecule has 0 saturated carbocycles. The first-order chi connectivity index (χ1) is 7.72. The minimum Gasteiger partial charge on any atom is -0.385 e. The lowest BCUT2D eigenvalue weighted by atomic mass is 10.3. The molecule has 0 atom stereocenters. The number of thiol groups is 1. The van der Waals surface area contributed by atoms with E-state index in [4.69, 9.17) is 5.73 Å². The van der Waals surface area contributed by atoms with Crippen LogP contribution in [0.4, 0.5) is 0 Å². The van der Waals surface area contributed by atoms with Crippen LogP contribution in [-0.2, 0) is 9.59 Å². The standard InChI is InChI=1S/C6H15N.C4H6O2.CH3NS2/c1-4-7(5-2)6-3;1-3(5)4(2)6;2-1(3)4/h4-6H2,1-3H3;1-2H3;(H3,2,3,4). The average molecular weight is 280 g/mol. The summed E-state index contributed by atoms with van der Waals surface area (Å²) in [7, 11) is 0. The van der Waals surface area contributed by atoms with Crippen molar-refractivity contribution in [1.82, 2.24) is 4.90 Å². The summed E-state index contributed by atoms with van der Waals surface area (Å²) in [6.45, 7) is 12.6. The summed E-state index contributed by atoms with van der Waals surface area (Å²) in [6, 6.07) is 0. The van der Waals surface area contributed by atoms with Crippen LogP contribution in [0.5, 0.6) is 0 Å². The summed E-state index contributed by atoms with van der Waals surface area (Å²) in [5.41, 5.74) is 4.71. The number of rotatable bonds is 4. The summed E-state index contributed by atoms with van der Waals surface area (Å²) >= 11 is 7.65. The Kier molecular flexibility index (Phi) is 19.9. The maximum absolute atomic E-state index is 9.79. The van der Waals surface area contributed by atoms with Crippen LogP contribution in [0, 0.1) is 0 Å². The molecule has 0 aliphatic carbocycles. The Morgan fingerprint density at radius 3 is 1.24 bits per heavy atom. The maximum atomic E-state index is 9.79. The van der Waals surface area contributed by atoms with E-state index < -0.39 is 0 Å². The number of hydrogen-bond donors (Lipinski definition) is 2. The van der Waals surface area contributed by atoms with E-state index in [1.54, 1.807) is 0 Å². The van der Waals surface area contributed by atoms with Gasteiger partial charge in [0, 0.05) is 13.8 Å². The van der Waals surface area contributed by atoms with E-state index >= 15 is 0 Å². The second-order valence-electron chi connectivity index (χ2n) is 3.07. The van der Waals surface area contributed by atoms with Crippen LogP contribution in [0.15, 0.2) is 0 Å². The topological polar surface area (TPSA) is 63.4 Å². The van der Waals surface area contributed by atoms with Crippen LogP contribution in [0.3, 0.4) is 0 Å². The number of carbonyl (C=O) groups is 2. The second kappa shape index (κ2) is 15.5. The molecule has 0 aromatic heterocycles. The Morgan fingerprint density at radius 2 is 1.24 bits per heavy atom. The van der Waals surface area contributed by atoms with Gasteiger partial charge in [-0.25, -0.2) is 0 Å². The molecule has 0 rings (SSSR count). The molecule has 17 heavy (non-hydrogen) atoms. The average Bonchev–Trinajstić information content (AvgIpc) is 2.20. The zero-order chi connectivity index (χ0) is 14.4. The number of nitrogens with zero attached hydrogens (tertiary/aromatic N) is 1. The van der Waals surface area contributed by atoms with E-state index in [2.05, 4.69) is 50.5 Å². The highest BCUT2D eigenvalue weighted by Crippen LogP contribution is 1.81. The molecule has 2 N–H and O–H groups in total. The van der Waals surface area contributed by atoms with Crippen molar-refractivity contribution in [3.63, 3.8) is 0 Å². The smallest absolute Gasteiger partial charge is 0.195 e. The molecule has 6 heteroatoms. The van der Waals surface area contributed by atoms with Gasteiger partial charge in [0.25, 0.3) is 0 Å². The van der Waals surface area contributed by atoms with Crippen LogP contribution < -0.4 is 5.73 Å². The van der Waals surface area contributed by atoms with Gasteiger partial charge in [-0.1, -0.05) is 33.0 Å². The molecule has 0 bridgehead atoms. The quantitative estimate of drug-likeness (QED) is 0.466. The van der Waals surface area contributed by atoms with Gasteiger partial charge in [0.05, 0.1) is 0 Å².